The lowest BCUT2D eigenvalue weighted by Crippen LogP contribution is -2.58. The minimum absolute atomic E-state index is 0.0904. The molecule has 0 aromatic carbocycles. The molecule has 1 spiro atoms. The van der Waals surface area contributed by atoms with E-state index in [1.165, 1.54) is 25.7 Å². The highest BCUT2D eigenvalue weighted by Crippen LogP contribution is 2.37. The largest absolute Gasteiger partial charge is 0.377 e. The van der Waals surface area contributed by atoms with E-state index in [0.29, 0.717) is 12.1 Å². The zero-order chi connectivity index (χ0) is 10.7. The second-order valence-corrected chi connectivity index (χ2v) is 5.01. The Labute approximate surface area is 92.5 Å². The van der Waals surface area contributed by atoms with Gasteiger partial charge in [0.1, 0.15) is 0 Å². The van der Waals surface area contributed by atoms with Crippen LogP contribution in [0.3, 0.4) is 0 Å². The lowest BCUT2D eigenvalue weighted by molar-refractivity contribution is -0.114. The minimum Gasteiger partial charge on any atom is -0.377 e. The van der Waals surface area contributed by atoms with Crippen molar-refractivity contribution >= 4 is 0 Å². The highest BCUT2D eigenvalue weighted by molar-refractivity contribution is 4.99. The summed E-state index contributed by atoms with van der Waals surface area (Å²) in [5, 5.41) is 3.56. The highest BCUT2D eigenvalue weighted by Gasteiger charge is 2.44. The maximum absolute atomic E-state index is 6.03. The molecule has 1 aliphatic heterocycles. The molecule has 1 unspecified atom stereocenters. The summed E-state index contributed by atoms with van der Waals surface area (Å²) in [5.41, 5.74) is 0.0904. The Kier molecular flexibility index (Phi) is 3.65. The van der Waals surface area contributed by atoms with Gasteiger partial charge >= 0.3 is 0 Å². The van der Waals surface area contributed by atoms with Gasteiger partial charge in [-0.15, -0.1) is 0 Å². The first-order valence-corrected chi connectivity index (χ1v) is 6.22. The molecule has 0 aromatic heterocycles. The summed E-state index contributed by atoms with van der Waals surface area (Å²) < 4.78 is 11.8. The lowest BCUT2D eigenvalue weighted by Gasteiger charge is -2.42. The molecular weight excluding hydrogens is 190 g/mol. The van der Waals surface area contributed by atoms with Crippen LogP contribution in [0.1, 0.15) is 39.5 Å². The molecule has 0 aromatic rings. The van der Waals surface area contributed by atoms with E-state index in [1.807, 2.05) is 0 Å². The van der Waals surface area contributed by atoms with Crippen LogP contribution < -0.4 is 5.32 Å². The summed E-state index contributed by atoms with van der Waals surface area (Å²) in [7, 11) is 0. The van der Waals surface area contributed by atoms with Crippen LogP contribution in [0.2, 0.25) is 0 Å². The van der Waals surface area contributed by atoms with Crippen molar-refractivity contribution in [2.24, 2.45) is 0 Å². The third kappa shape index (κ3) is 2.52. The number of hydrogen-bond donors (Lipinski definition) is 1. The molecule has 0 amide bonds. The molecule has 0 radical (unpaired) electrons. The molecule has 2 fully saturated rings. The SMILES string of the molecule is CC(C)OCC1NCCOC12CCCC2. The molecule has 88 valence electrons. The Morgan fingerprint density at radius 2 is 2.13 bits per heavy atom. The molecule has 1 heterocycles. The average molecular weight is 213 g/mol. The predicted octanol–water partition coefficient (Wildman–Crippen LogP) is 1.71. The van der Waals surface area contributed by atoms with Gasteiger partial charge in [-0.3, -0.25) is 0 Å². The topological polar surface area (TPSA) is 30.5 Å². The summed E-state index contributed by atoms with van der Waals surface area (Å²) in [5.74, 6) is 0. The first-order valence-electron chi connectivity index (χ1n) is 6.22. The number of hydrogen-bond acceptors (Lipinski definition) is 3. The first-order chi connectivity index (χ1) is 7.23. The van der Waals surface area contributed by atoms with Crippen LogP contribution in [-0.2, 0) is 9.47 Å². The van der Waals surface area contributed by atoms with E-state index >= 15 is 0 Å². The van der Waals surface area contributed by atoms with Gasteiger partial charge in [-0.05, 0) is 26.7 Å². The van der Waals surface area contributed by atoms with E-state index in [0.717, 1.165) is 19.8 Å². The molecule has 2 rings (SSSR count). The fraction of sp³-hybridized carbons (Fsp3) is 1.00. The fourth-order valence-electron chi connectivity index (χ4n) is 2.74. The van der Waals surface area contributed by atoms with Crippen LogP contribution in [0.15, 0.2) is 0 Å². The molecule has 3 nitrogen and oxygen atoms in total. The molecule has 15 heavy (non-hydrogen) atoms. The summed E-state index contributed by atoms with van der Waals surface area (Å²) in [4.78, 5) is 0. The van der Waals surface area contributed by atoms with Crippen molar-refractivity contribution in [2.45, 2.75) is 57.3 Å². The van der Waals surface area contributed by atoms with Gasteiger partial charge < -0.3 is 14.8 Å². The third-order valence-electron chi connectivity index (χ3n) is 3.56. The van der Waals surface area contributed by atoms with E-state index < -0.39 is 0 Å². The molecule has 1 saturated heterocycles. The van der Waals surface area contributed by atoms with Crippen molar-refractivity contribution in [3.8, 4) is 0 Å². The van der Waals surface area contributed by atoms with Gasteiger partial charge in [-0.1, -0.05) is 12.8 Å². The molecule has 1 aliphatic carbocycles. The van der Waals surface area contributed by atoms with Crippen LogP contribution in [0.5, 0.6) is 0 Å². The van der Waals surface area contributed by atoms with Crippen molar-refractivity contribution in [1.82, 2.24) is 5.32 Å². The van der Waals surface area contributed by atoms with Crippen molar-refractivity contribution in [3.63, 3.8) is 0 Å². The summed E-state index contributed by atoms with van der Waals surface area (Å²) in [6, 6.07) is 0.399. The van der Waals surface area contributed by atoms with E-state index in [1.54, 1.807) is 0 Å². The fourth-order valence-corrected chi connectivity index (χ4v) is 2.74. The van der Waals surface area contributed by atoms with Crippen LogP contribution in [0.4, 0.5) is 0 Å². The zero-order valence-electron chi connectivity index (χ0n) is 9.92. The first kappa shape index (κ1) is 11.4. The van der Waals surface area contributed by atoms with Crippen LogP contribution >= 0.6 is 0 Å². The van der Waals surface area contributed by atoms with Gasteiger partial charge in [-0.2, -0.15) is 0 Å². The molecule has 0 bridgehead atoms. The summed E-state index contributed by atoms with van der Waals surface area (Å²) >= 11 is 0. The monoisotopic (exact) mass is 213 g/mol. The Morgan fingerprint density at radius 1 is 1.40 bits per heavy atom. The van der Waals surface area contributed by atoms with Crippen molar-refractivity contribution in [3.05, 3.63) is 0 Å². The molecule has 1 atom stereocenters. The number of rotatable bonds is 3. The Hall–Kier alpha value is -0.120. The third-order valence-corrected chi connectivity index (χ3v) is 3.56. The average Bonchev–Trinajstić information content (AvgIpc) is 2.66. The number of nitrogens with one attached hydrogen (secondary N) is 1. The molecule has 3 heteroatoms. The standard InChI is InChI=1S/C12H23NO2/c1-10(2)14-9-11-12(5-3-4-6-12)15-8-7-13-11/h10-11,13H,3-9H2,1-2H3. The van der Waals surface area contributed by atoms with Crippen molar-refractivity contribution < 1.29 is 9.47 Å². The van der Waals surface area contributed by atoms with Gasteiger partial charge in [0.2, 0.25) is 0 Å². The van der Waals surface area contributed by atoms with E-state index in [4.69, 9.17) is 9.47 Å². The Balaban J connectivity index is 1.93. The molecule has 1 N–H and O–H groups in total. The number of ether oxygens (including phenoxy) is 2. The van der Waals surface area contributed by atoms with Gasteiger partial charge in [0.15, 0.2) is 0 Å². The second kappa shape index (κ2) is 4.81. The Morgan fingerprint density at radius 3 is 2.80 bits per heavy atom. The second-order valence-electron chi connectivity index (χ2n) is 5.01. The maximum Gasteiger partial charge on any atom is 0.0857 e. The normalized spacial score (nSPS) is 30.2. The van der Waals surface area contributed by atoms with Gasteiger partial charge in [0.25, 0.3) is 0 Å². The van der Waals surface area contributed by atoms with Crippen molar-refractivity contribution in [2.75, 3.05) is 19.8 Å². The smallest absolute Gasteiger partial charge is 0.0857 e. The summed E-state index contributed by atoms with van der Waals surface area (Å²) in [6.07, 6.45) is 5.32. The van der Waals surface area contributed by atoms with Crippen LogP contribution in [0.25, 0.3) is 0 Å². The quantitative estimate of drug-likeness (QED) is 0.774. The highest BCUT2D eigenvalue weighted by atomic mass is 16.5. The zero-order valence-corrected chi connectivity index (χ0v) is 9.92. The van der Waals surface area contributed by atoms with E-state index in [2.05, 4.69) is 19.2 Å². The number of morpholine rings is 1. The Bertz CT molecular complexity index is 200. The van der Waals surface area contributed by atoms with Gasteiger partial charge in [0.05, 0.1) is 31.0 Å². The van der Waals surface area contributed by atoms with Gasteiger partial charge in [-0.25, -0.2) is 0 Å². The minimum atomic E-state index is 0.0904. The van der Waals surface area contributed by atoms with Crippen LogP contribution in [-0.4, -0.2) is 37.5 Å². The van der Waals surface area contributed by atoms with E-state index in [-0.39, 0.29) is 5.60 Å². The molecular formula is C12H23NO2. The van der Waals surface area contributed by atoms with Gasteiger partial charge in [0, 0.05) is 6.54 Å². The molecule has 2 aliphatic rings. The maximum atomic E-state index is 6.03. The predicted molar refractivity (Wildman–Crippen MR) is 60.0 cm³/mol. The lowest BCUT2D eigenvalue weighted by atomic mass is 9.91. The van der Waals surface area contributed by atoms with Crippen LogP contribution in [0, 0.1) is 0 Å². The molecule has 1 saturated carbocycles. The summed E-state index contributed by atoms with van der Waals surface area (Å²) in [6.45, 7) is 6.79. The van der Waals surface area contributed by atoms with Crippen molar-refractivity contribution in [1.29, 1.82) is 0 Å². The van der Waals surface area contributed by atoms with E-state index in [9.17, 15) is 0 Å².